The molecule has 0 aliphatic rings. The van der Waals surface area contributed by atoms with Crippen molar-refractivity contribution in [2.24, 2.45) is 7.05 Å². The molecule has 0 aliphatic heterocycles. The van der Waals surface area contributed by atoms with Gasteiger partial charge in [0.1, 0.15) is 0 Å². The van der Waals surface area contributed by atoms with E-state index in [0.29, 0.717) is 17.2 Å². The third kappa shape index (κ3) is 5.67. The Bertz CT molecular complexity index is 1040. The molecule has 0 aliphatic carbocycles. The van der Waals surface area contributed by atoms with E-state index >= 15 is 0 Å². The summed E-state index contributed by atoms with van der Waals surface area (Å²) in [6, 6.07) is 5.49. The second kappa shape index (κ2) is 8.47. The summed E-state index contributed by atoms with van der Waals surface area (Å²) in [4.78, 5) is 27.4. The molecule has 3 N–H and O–H groups in total. The molecule has 3 aromatic rings. The van der Waals surface area contributed by atoms with Crippen molar-refractivity contribution in [3.8, 4) is 0 Å². The first kappa shape index (κ1) is 22.1. The molecule has 0 saturated carbocycles. The van der Waals surface area contributed by atoms with E-state index in [1.165, 1.54) is 11.3 Å². The number of carbonyl (C=O) groups excluding carboxylic acids is 1. The van der Waals surface area contributed by atoms with Gasteiger partial charge in [0.25, 0.3) is 5.91 Å². The summed E-state index contributed by atoms with van der Waals surface area (Å²) in [6.45, 7) is 2.47. The predicted molar refractivity (Wildman–Crippen MR) is 101 cm³/mol. The van der Waals surface area contributed by atoms with Gasteiger partial charge in [-0.05, 0) is 25.1 Å². The van der Waals surface area contributed by atoms with Crippen molar-refractivity contribution in [1.82, 2.24) is 19.7 Å². The highest BCUT2D eigenvalue weighted by Crippen LogP contribution is 2.25. The van der Waals surface area contributed by atoms with Gasteiger partial charge in [-0.15, -0.1) is 0 Å². The zero-order valence-corrected chi connectivity index (χ0v) is 16.5. The van der Waals surface area contributed by atoms with Crippen LogP contribution in [0, 0.1) is 6.92 Å². The quantitative estimate of drug-likeness (QED) is 0.662. The highest BCUT2D eigenvalue weighted by atomic mass is 32.1. The number of alkyl halides is 3. The van der Waals surface area contributed by atoms with Crippen LogP contribution in [0.5, 0.6) is 0 Å². The number of nitrogens with zero attached hydrogens (tertiary/aromatic N) is 4. The van der Waals surface area contributed by atoms with E-state index in [2.05, 4.69) is 10.1 Å². The van der Waals surface area contributed by atoms with E-state index in [1.54, 1.807) is 22.7 Å². The maximum Gasteiger partial charge on any atom is 0.490 e. The molecule has 0 saturated heterocycles. The van der Waals surface area contributed by atoms with Crippen LogP contribution in [-0.4, -0.2) is 49.9 Å². The second-order valence-corrected chi connectivity index (χ2v) is 7.17. The first-order valence-electron chi connectivity index (χ1n) is 8.09. The molecule has 0 fully saturated rings. The standard InChI is InChI=1S/C15H17N5OS.C2HF3O2/c1-9-11(8-20(3)18-9)7-19(2)14(21)10-4-5-13-12(6-10)17-15(16)22-13;3-2(4,5)1(6)7/h4-6,8H,7H2,1-3H3,(H2,16,17);(H,6,7). The lowest BCUT2D eigenvalue weighted by Gasteiger charge is -2.16. The molecule has 8 nitrogen and oxygen atoms in total. The number of benzene rings is 1. The summed E-state index contributed by atoms with van der Waals surface area (Å²) in [7, 11) is 3.66. The van der Waals surface area contributed by atoms with Crippen LogP contribution in [0.4, 0.5) is 18.3 Å². The minimum absolute atomic E-state index is 0.0447. The largest absolute Gasteiger partial charge is 0.490 e. The van der Waals surface area contributed by atoms with Crippen molar-refractivity contribution >= 4 is 38.6 Å². The van der Waals surface area contributed by atoms with Crippen molar-refractivity contribution in [3.05, 3.63) is 41.2 Å². The number of carboxylic acid groups (broad SMARTS) is 1. The molecule has 0 radical (unpaired) electrons. The van der Waals surface area contributed by atoms with E-state index in [4.69, 9.17) is 15.6 Å². The van der Waals surface area contributed by atoms with Gasteiger partial charge >= 0.3 is 12.1 Å². The molecular formula is C17H18F3N5O3S. The Labute approximate surface area is 167 Å². The number of thiazole rings is 1. The number of halogens is 3. The van der Waals surface area contributed by atoms with E-state index in [0.717, 1.165) is 21.5 Å². The van der Waals surface area contributed by atoms with Gasteiger partial charge in [0.15, 0.2) is 5.13 Å². The van der Waals surface area contributed by atoms with Crippen molar-refractivity contribution in [2.75, 3.05) is 12.8 Å². The Kier molecular flexibility index (Phi) is 6.47. The number of fused-ring (bicyclic) bond motifs is 1. The fourth-order valence-corrected chi connectivity index (χ4v) is 3.14. The third-order valence-electron chi connectivity index (χ3n) is 3.76. The molecule has 1 aromatic carbocycles. The van der Waals surface area contributed by atoms with Gasteiger partial charge < -0.3 is 15.7 Å². The third-order valence-corrected chi connectivity index (χ3v) is 4.63. The van der Waals surface area contributed by atoms with E-state index in [1.807, 2.05) is 32.3 Å². The average Bonchev–Trinajstić information content (AvgIpc) is 3.13. The van der Waals surface area contributed by atoms with Crippen molar-refractivity contribution in [2.45, 2.75) is 19.6 Å². The lowest BCUT2D eigenvalue weighted by atomic mass is 10.1. The normalized spacial score (nSPS) is 11.1. The molecular weight excluding hydrogens is 411 g/mol. The second-order valence-electron chi connectivity index (χ2n) is 6.11. The SMILES string of the molecule is Cc1nn(C)cc1CN(C)C(=O)c1ccc2sc(N)nc2c1.O=C(O)C(F)(F)F. The molecule has 2 heterocycles. The maximum atomic E-state index is 12.6. The van der Waals surface area contributed by atoms with Crippen LogP contribution in [0.2, 0.25) is 0 Å². The van der Waals surface area contributed by atoms with Crippen LogP contribution in [-0.2, 0) is 18.4 Å². The monoisotopic (exact) mass is 429 g/mol. The van der Waals surface area contributed by atoms with Gasteiger partial charge in [-0.1, -0.05) is 11.3 Å². The minimum atomic E-state index is -5.08. The molecule has 1 amide bonds. The topological polar surface area (TPSA) is 114 Å². The number of hydrogen-bond acceptors (Lipinski definition) is 6. The van der Waals surface area contributed by atoms with E-state index in [9.17, 15) is 18.0 Å². The molecule has 29 heavy (non-hydrogen) atoms. The highest BCUT2D eigenvalue weighted by Gasteiger charge is 2.38. The number of nitrogen functional groups attached to an aromatic ring is 1. The van der Waals surface area contributed by atoms with Crippen molar-refractivity contribution in [3.63, 3.8) is 0 Å². The van der Waals surface area contributed by atoms with Crippen LogP contribution in [0.3, 0.4) is 0 Å². The smallest absolute Gasteiger partial charge is 0.475 e. The van der Waals surface area contributed by atoms with Crippen LogP contribution < -0.4 is 5.73 Å². The van der Waals surface area contributed by atoms with Gasteiger partial charge in [0.05, 0.1) is 15.9 Å². The molecule has 156 valence electrons. The van der Waals surface area contributed by atoms with Crippen LogP contribution in [0.25, 0.3) is 10.2 Å². The Hall–Kier alpha value is -3.15. The summed E-state index contributed by atoms with van der Waals surface area (Å²) >= 11 is 1.42. The average molecular weight is 429 g/mol. The summed E-state index contributed by atoms with van der Waals surface area (Å²) in [5.74, 6) is -2.80. The lowest BCUT2D eigenvalue weighted by Crippen LogP contribution is -2.26. The number of rotatable bonds is 3. The van der Waals surface area contributed by atoms with E-state index in [-0.39, 0.29) is 5.91 Å². The van der Waals surface area contributed by atoms with Crippen molar-refractivity contribution < 1.29 is 27.9 Å². The first-order valence-corrected chi connectivity index (χ1v) is 8.91. The van der Waals surface area contributed by atoms with Crippen LogP contribution in [0.1, 0.15) is 21.6 Å². The predicted octanol–water partition coefficient (Wildman–Crippen LogP) is 2.83. The number of anilines is 1. The molecule has 3 rings (SSSR count). The Morgan fingerprint density at radius 3 is 2.48 bits per heavy atom. The van der Waals surface area contributed by atoms with Gasteiger partial charge in [-0.3, -0.25) is 9.48 Å². The number of carbonyl (C=O) groups is 2. The molecule has 0 unspecified atom stereocenters. The van der Waals surface area contributed by atoms with Crippen LogP contribution >= 0.6 is 11.3 Å². The number of amides is 1. The van der Waals surface area contributed by atoms with Crippen LogP contribution in [0.15, 0.2) is 24.4 Å². The number of aromatic nitrogens is 3. The lowest BCUT2D eigenvalue weighted by molar-refractivity contribution is -0.192. The Morgan fingerprint density at radius 1 is 1.34 bits per heavy atom. The van der Waals surface area contributed by atoms with E-state index < -0.39 is 12.1 Å². The molecule has 0 atom stereocenters. The number of aliphatic carboxylic acids is 1. The highest BCUT2D eigenvalue weighted by molar-refractivity contribution is 7.22. The fraction of sp³-hybridized carbons (Fsp3) is 0.294. The van der Waals surface area contributed by atoms with Gasteiger partial charge in [0, 0.05) is 38.0 Å². The maximum absolute atomic E-state index is 12.6. The molecule has 0 bridgehead atoms. The summed E-state index contributed by atoms with van der Waals surface area (Å²) < 4.78 is 34.5. The summed E-state index contributed by atoms with van der Waals surface area (Å²) in [6.07, 6.45) is -3.15. The minimum Gasteiger partial charge on any atom is -0.475 e. The zero-order chi connectivity index (χ0) is 21.9. The first-order chi connectivity index (χ1) is 13.4. The Morgan fingerprint density at radius 2 is 1.97 bits per heavy atom. The van der Waals surface area contributed by atoms with Gasteiger partial charge in [-0.25, -0.2) is 9.78 Å². The van der Waals surface area contributed by atoms with Crippen molar-refractivity contribution in [1.29, 1.82) is 0 Å². The number of hydrogen-bond donors (Lipinski definition) is 2. The zero-order valence-electron chi connectivity index (χ0n) is 15.7. The van der Waals surface area contributed by atoms with Gasteiger partial charge in [0.2, 0.25) is 0 Å². The molecule has 2 aromatic heterocycles. The summed E-state index contributed by atoms with van der Waals surface area (Å²) in [5, 5.41) is 11.9. The summed E-state index contributed by atoms with van der Waals surface area (Å²) in [5.41, 5.74) is 9.05. The fourth-order valence-electron chi connectivity index (χ4n) is 2.43. The molecule has 12 heteroatoms. The van der Waals surface area contributed by atoms with Gasteiger partial charge in [-0.2, -0.15) is 18.3 Å². The Balaban J connectivity index is 0.000000370. The number of nitrogens with two attached hydrogens (primary N) is 1. The number of aryl methyl sites for hydroxylation is 2. The molecule has 0 spiro atoms. The number of carboxylic acids is 1.